The van der Waals surface area contributed by atoms with Gasteiger partial charge in [-0.25, -0.2) is 0 Å². The van der Waals surface area contributed by atoms with Crippen molar-refractivity contribution in [2.24, 2.45) is 5.16 Å². The van der Waals surface area contributed by atoms with Crippen LogP contribution in [0.15, 0.2) is 28.9 Å². The molecule has 0 aromatic heterocycles. The van der Waals surface area contributed by atoms with Crippen molar-refractivity contribution in [1.29, 1.82) is 0 Å². The third-order valence-corrected chi connectivity index (χ3v) is 4.43. The average Bonchev–Trinajstić information content (AvgIpc) is 2.48. The Labute approximate surface area is 139 Å². The molecule has 0 fully saturated rings. The van der Waals surface area contributed by atoms with Crippen molar-refractivity contribution in [3.63, 3.8) is 0 Å². The fraction of sp³-hybridized carbons (Fsp3) is 0.500. The lowest BCUT2D eigenvalue weighted by atomic mass is 9.79. The highest BCUT2D eigenvalue weighted by atomic mass is 16.6. The summed E-state index contributed by atoms with van der Waals surface area (Å²) in [5, 5.41) is 4.11. The highest BCUT2D eigenvalue weighted by Gasteiger charge is 2.27. The minimum absolute atomic E-state index is 0.181. The van der Waals surface area contributed by atoms with Crippen LogP contribution in [-0.2, 0) is 9.63 Å². The Morgan fingerprint density at radius 2 is 1.87 bits per heavy atom. The zero-order chi connectivity index (χ0) is 17.0. The van der Waals surface area contributed by atoms with Crippen LogP contribution in [-0.4, -0.2) is 18.1 Å². The zero-order valence-corrected chi connectivity index (χ0v) is 14.9. The highest BCUT2D eigenvalue weighted by molar-refractivity contribution is 6.22. The van der Waals surface area contributed by atoms with Crippen molar-refractivity contribution in [3.8, 4) is 0 Å². The van der Waals surface area contributed by atoms with Gasteiger partial charge in [-0.3, -0.25) is 4.79 Å². The Hall–Kier alpha value is -1.90. The van der Waals surface area contributed by atoms with Crippen LogP contribution in [0.3, 0.4) is 0 Å². The van der Waals surface area contributed by atoms with Gasteiger partial charge in [0, 0.05) is 12.0 Å². The summed E-state index contributed by atoms with van der Waals surface area (Å²) in [6.07, 6.45) is 4.21. The number of benzene rings is 1. The molecule has 1 atom stereocenters. The average molecular weight is 313 g/mol. The molecule has 3 heteroatoms. The maximum absolute atomic E-state index is 12.6. The molecule has 0 heterocycles. The number of nitrogens with zero attached hydrogens (tertiary/aromatic N) is 1. The number of rotatable bonds is 5. The molecule has 1 aromatic rings. The molecule has 1 aliphatic rings. The second kappa shape index (κ2) is 7.58. The quantitative estimate of drug-likeness (QED) is 0.579. The maximum atomic E-state index is 12.6. The summed E-state index contributed by atoms with van der Waals surface area (Å²) in [4.78, 5) is 17.8. The lowest BCUT2D eigenvalue weighted by molar-refractivity contribution is -0.115. The van der Waals surface area contributed by atoms with Gasteiger partial charge in [0.05, 0.1) is 5.71 Å². The van der Waals surface area contributed by atoms with Gasteiger partial charge in [0.1, 0.15) is 6.61 Å². The van der Waals surface area contributed by atoms with Gasteiger partial charge < -0.3 is 4.84 Å². The molecule has 1 aromatic carbocycles. The number of hydrogen-bond donors (Lipinski definition) is 0. The lowest BCUT2D eigenvalue weighted by Crippen LogP contribution is -2.21. The number of oxime groups is 1. The standard InChI is InChI=1S/C20H27NO2/c1-6-18(21-23-7-2)17-9-8-16(12-19(17)22)20-14(4)10-13(3)11-15(20)5/h9-11,16H,6-8,12H2,1-5H3/b21-18+. The summed E-state index contributed by atoms with van der Waals surface area (Å²) >= 11 is 0. The summed E-state index contributed by atoms with van der Waals surface area (Å²) in [5.41, 5.74) is 6.71. The number of carbonyl (C=O) groups is 1. The third-order valence-electron chi connectivity index (χ3n) is 4.43. The number of aryl methyl sites for hydroxylation is 3. The third kappa shape index (κ3) is 3.90. The van der Waals surface area contributed by atoms with Gasteiger partial charge in [0.15, 0.2) is 5.78 Å². The molecule has 1 unspecified atom stereocenters. The van der Waals surface area contributed by atoms with Crippen molar-refractivity contribution >= 4 is 11.5 Å². The Morgan fingerprint density at radius 1 is 1.22 bits per heavy atom. The smallest absolute Gasteiger partial charge is 0.165 e. The van der Waals surface area contributed by atoms with E-state index in [-0.39, 0.29) is 11.7 Å². The predicted molar refractivity (Wildman–Crippen MR) is 95.1 cm³/mol. The van der Waals surface area contributed by atoms with Gasteiger partial charge in [0.25, 0.3) is 0 Å². The van der Waals surface area contributed by atoms with Gasteiger partial charge in [-0.2, -0.15) is 0 Å². The number of ketones is 1. The van der Waals surface area contributed by atoms with E-state index in [2.05, 4.69) is 44.1 Å². The van der Waals surface area contributed by atoms with E-state index in [4.69, 9.17) is 4.84 Å². The second-order valence-corrected chi connectivity index (χ2v) is 6.30. The summed E-state index contributed by atoms with van der Waals surface area (Å²) in [6.45, 7) is 10.8. The molecule has 23 heavy (non-hydrogen) atoms. The van der Waals surface area contributed by atoms with E-state index in [0.717, 1.165) is 17.7 Å². The first-order chi connectivity index (χ1) is 11.0. The lowest BCUT2D eigenvalue weighted by Gasteiger charge is -2.25. The monoisotopic (exact) mass is 313 g/mol. The molecule has 1 aliphatic carbocycles. The van der Waals surface area contributed by atoms with Crippen LogP contribution in [0.1, 0.15) is 61.3 Å². The van der Waals surface area contributed by atoms with Crippen LogP contribution < -0.4 is 0 Å². The SMILES string of the molecule is CCO/N=C(\CC)C1=CCC(c2c(C)cc(C)cc2C)CC1=O. The molecule has 0 N–H and O–H groups in total. The Morgan fingerprint density at radius 3 is 2.39 bits per heavy atom. The molecule has 3 nitrogen and oxygen atoms in total. The van der Waals surface area contributed by atoms with E-state index in [1.165, 1.54) is 22.3 Å². The minimum Gasteiger partial charge on any atom is -0.396 e. The highest BCUT2D eigenvalue weighted by Crippen LogP contribution is 2.35. The van der Waals surface area contributed by atoms with Gasteiger partial charge in [-0.1, -0.05) is 35.9 Å². The number of carbonyl (C=O) groups excluding carboxylic acids is 1. The molecule has 0 spiro atoms. The summed E-state index contributed by atoms with van der Waals surface area (Å²) in [6, 6.07) is 4.42. The molecule has 0 amide bonds. The van der Waals surface area contributed by atoms with Crippen LogP contribution in [0.2, 0.25) is 0 Å². The van der Waals surface area contributed by atoms with Crippen molar-refractivity contribution < 1.29 is 9.63 Å². The van der Waals surface area contributed by atoms with Gasteiger partial charge in [-0.05, 0) is 63.1 Å². The molecule has 0 saturated heterocycles. The van der Waals surface area contributed by atoms with Crippen molar-refractivity contribution in [1.82, 2.24) is 0 Å². The number of allylic oxidation sites excluding steroid dienone is 2. The van der Waals surface area contributed by atoms with Gasteiger partial charge in [-0.15, -0.1) is 0 Å². The molecular weight excluding hydrogens is 286 g/mol. The van der Waals surface area contributed by atoms with E-state index < -0.39 is 0 Å². The van der Waals surface area contributed by atoms with E-state index in [1.807, 2.05) is 13.8 Å². The first kappa shape index (κ1) is 17.5. The molecule has 0 bridgehead atoms. The topological polar surface area (TPSA) is 38.7 Å². The molecule has 0 saturated carbocycles. The van der Waals surface area contributed by atoms with E-state index in [9.17, 15) is 4.79 Å². The van der Waals surface area contributed by atoms with E-state index >= 15 is 0 Å². The van der Waals surface area contributed by atoms with E-state index in [1.54, 1.807) is 0 Å². The molecular formula is C20H27NO2. The first-order valence-electron chi connectivity index (χ1n) is 8.48. The molecule has 0 aliphatic heterocycles. The van der Waals surface area contributed by atoms with Crippen LogP contribution in [0.5, 0.6) is 0 Å². The minimum atomic E-state index is 0.181. The van der Waals surface area contributed by atoms with Crippen LogP contribution in [0.4, 0.5) is 0 Å². The van der Waals surface area contributed by atoms with E-state index in [0.29, 0.717) is 19.4 Å². The fourth-order valence-electron chi connectivity index (χ4n) is 3.57. The van der Waals surface area contributed by atoms with Crippen LogP contribution in [0, 0.1) is 20.8 Å². The summed E-state index contributed by atoms with van der Waals surface area (Å²) < 4.78 is 0. The Balaban J connectivity index is 2.28. The maximum Gasteiger partial charge on any atom is 0.165 e. The molecule has 2 rings (SSSR count). The molecule has 124 valence electrons. The second-order valence-electron chi connectivity index (χ2n) is 6.30. The Kier molecular flexibility index (Phi) is 5.75. The van der Waals surface area contributed by atoms with Crippen molar-refractivity contribution in [2.45, 2.75) is 59.8 Å². The van der Waals surface area contributed by atoms with Gasteiger partial charge >= 0.3 is 0 Å². The predicted octanol–water partition coefficient (Wildman–Crippen LogP) is 4.79. The normalized spacial score (nSPS) is 18.8. The summed E-state index contributed by atoms with van der Waals surface area (Å²) in [7, 11) is 0. The van der Waals surface area contributed by atoms with Crippen LogP contribution >= 0.6 is 0 Å². The Bertz CT molecular complexity index is 633. The largest absolute Gasteiger partial charge is 0.396 e. The van der Waals surface area contributed by atoms with Gasteiger partial charge in [0.2, 0.25) is 0 Å². The van der Waals surface area contributed by atoms with Crippen LogP contribution in [0.25, 0.3) is 0 Å². The molecule has 0 radical (unpaired) electrons. The first-order valence-corrected chi connectivity index (χ1v) is 8.48. The van der Waals surface area contributed by atoms with Crippen molar-refractivity contribution in [3.05, 3.63) is 46.0 Å². The fourth-order valence-corrected chi connectivity index (χ4v) is 3.57. The number of hydrogen-bond acceptors (Lipinski definition) is 3. The zero-order valence-electron chi connectivity index (χ0n) is 14.9. The number of Topliss-reactive ketones (excluding diaryl/α,β-unsaturated/α-hetero) is 1. The summed E-state index contributed by atoms with van der Waals surface area (Å²) in [5.74, 6) is 0.456. The van der Waals surface area contributed by atoms with Crippen molar-refractivity contribution in [2.75, 3.05) is 6.61 Å².